The first-order valence-corrected chi connectivity index (χ1v) is 5.20. The van der Waals surface area contributed by atoms with Crippen molar-refractivity contribution in [3.63, 3.8) is 0 Å². The fourth-order valence-corrected chi connectivity index (χ4v) is 1.26. The van der Waals surface area contributed by atoms with Crippen molar-refractivity contribution in [2.75, 3.05) is 6.54 Å². The van der Waals surface area contributed by atoms with Gasteiger partial charge in [-0.05, 0) is 44.0 Å². The molecule has 1 aromatic carbocycles. The van der Waals surface area contributed by atoms with Crippen molar-refractivity contribution in [1.82, 2.24) is 5.32 Å². The summed E-state index contributed by atoms with van der Waals surface area (Å²) in [7, 11) is 0. The van der Waals surface area contributed by atoms with E-state index in [2.05, 4.69) is 19.2 Å². The van der Waals surface area contributed by atoms with Crippen LogP contribution in [0, 0.1) is 5.82 Å². The van der Waals surface area contributed by atoms with Crippen LogP contribution in [0.2, 0.25) is 0 Å². The van der Waals surface area contributed by atoms with Gasteiger partial charge in [0.15, 0.2) is 0 Å². The number of hydrogen-bond donors (Lipinski definition) is 1. The Kier molecular flexibility index (Phi) is 4.60. The maximum atomic E-state index is 12.6. The Bertz CT molecular complexity index is 256. The molecule has 0 bridgehead atoms. The van der Waals surface area contributed by atoms with Gasteiger partial charge in [0.05, 0.1) is 0 Å². The van der Waals surface area contributed by atoms with Gasteiger partial charge in [-0.15, -0.1) is 0 Å². The quantitative estimate of drug-likeness (QED) is 0.761. The van der Waals surface area contributed by atoms with Crippen molar-refractivity contribution in [1.29, 1.82) is 0 Å². The molecule has 1 atom stereocenters. The molecule has 0 radical (unpaired) electrons. The van der Waals surface area contributed by atoms with Crippen LogP contribution in [-0.2, 0) is 6.42 Å². The molecule has 0 saturated heterocycles. The molecule has 0 saturated carbocycles. The number of hydrogen-bond acceptors (Lipinski definition) is 1. The lowest BCUT2D eigenvalue weighted by Gasteiger charge is -2.10. The van der Waals surface area contributed by atoms with Crippen molar-refractivity contribution < 1.29 is 4.39 Å². The van der Waals surface area contributed by atoms with E-state index in [-0.39, 0.29) is 5.82 Å². The van der Waals surface area contributed by atoms with Crippen molar-refractivity contribution in [3.8, 4) is 0 Å². The number of rotatable bonds is 5. The minimum atomic E-state index is -0.163. The third-order valence-electron chi connectivity index (χ3n) is 2.43. The van der Waals surface area contributed by atoms with Crippen molar-refractivity contribution in [3.05, 3.63) is 35.6 Å². The van der Waals surface area contributed by atoms with Gasteiger partial charge in [0.1, 0.15) is 5.82 Å². The second kappa shape index (κ2) is 5.76. The van der Waals surface area contributed by atoms with Crippen LogP contribution in [0.1, 0.15) is 25.8 Å². The zero-order valence-corrected chi connectivity index (χ0v) is 8.89. The van der Waals surface area contributed by atoms with E-state index in [1.165, 1.54) is 17.7 Å². The van der Waals surface area contributed by atoms with E-state index in [0.717, 1.165) is 19.4 Å². The normalized spacial score (nSPS) is 12.8. The summed E-state index contributed by atoms with van der Waals surface area (Å²) in [5, 5.41) is 3.40. The van der Waals surface area contributed by atoms with Crippen molar-refractivity contribution >= 4 is 0 Å². The van der Waals surface area contributed by atoms with Gasteiger partial charge in [-0.1, -0.05) is 19.1 Å². The molecule has 1 rings (SSSR count). The average Bonchev–Trinajstić information content (AvgIpc) is 2.21. The third kappa shape index (κ3) is 3.88. The Balaban J connectivity index is 2.28. The van der Waals surface area contributed by atoms with E-state index in [9.17, 15) is 4.39 Å². The van der Waals surface area contributed by atoms with Crippen LogP contribution in [-0.4, -0.2) is 12.6 Å². The minimum absolute atomic E-state index is 0.163. The molecule has 1 aromatic rings. The predicted molar refractivity (Wildman–Crippen MR) is 57.9 cm³/mol. The molecule has 0 aromatic heterocycles. The Morgan fingerprint density at radius 3 is 2.50 bits per heavy atom. The van der Waals surface area contributed by atoms with Crippen LogP contribution in [0.4, 0.5) is 4.39 Å². The summed E-state index contributed by atoms with van der Waals surface area (Å²) < 4.78 is 12.6. The molecule has 14 heavy (non-hydrogen) atoms. The van der Waals surface area contributed by atoms with E-state index < -0.39 is 0 Å². The molecule has 0 aliphatic carbocycles. The Hall–Kier alpha value is -0.890. The monoisotopic (exact) mass is 195 g/mol. The Labute approximate surface area is 85.3 Å². The molecule has 78 valence electrons. The smallest absolute Gasteiger partial charge is 0.123 e. The summed E-state index contributed by atoms with van der Waals surface area (Å²) in [5.41, 5.74) is 1.18. The number of nitrogens with one attached hydrogen (secondary N) is 1. The number of halogens is 1. The van der Waals surface area contributed by atoms with Crippen LogP contribution in [0.5, 0.6) is 0 Å². The lowest BCUT2D eigenvalue weighted by molar-refractivity contribution is 0.537. The second-order valence-corrected chi connectivity index (χ2v) is 3.64. The molecule has 0 spiro atoms. The lowest BCUT2D eigenvalue weighted by Crippen LogP contribution is -2.27. The summed E-state index contributed by atoms with van der Waals surface area (Å²) in [5.74, 6) is -0.163. The highest BCUT2D eigenvalue weighted by Crippen LogP contribution is 2.02. The first-order valence-electron chi connectivity index (χ1n) is 5.20. The molecule has 1 N–H and O–H groups in total. The average molecular weight is 195 g/mol. The van der Waals surface area contributed by atoms with Gasteiger partial charge in [0.25, 0.3) is 0 Å². The highest BCUT2D eigenvalue weighted by molar-refractivity contribution is 5.16. The van der Waals surface area contributed by atoms with Gasteiger partial charge in [-0.3, -0.25) is 0 Å². The molecule has 0 heterocycles. The summed E-state index contributed by atoms with van der Waals surface area (Å²) in [6, 6.07) is 7.27. The largest absolute Gasteiger partial charge is 0.314 e. The first kappa shape index (κ1) is 11.2. The zero-order chi connectivity index (χ0) is 10.4. The molecule has 1 nitrogen and oxygen atoms in total. The van der Waals surface area contributed by atoms with Crippen molar-refractivity contribution in [2.45, 2.75) is 32.7 Å². The van der Waals surface area contributed by atoms with Crippen LogP contribution >= 0.6 is 0 Å². The maximum Gasteiger partial charge on any atom is 0.123 e. The summed E-state index contributed by atoms with van der Waals surface area (Å²) >= 11 is 0. The van der Waals surface area contributed by atoms with Gasteiger partial charge >= 0.3 is 0 Å². The second-order valence-electron chi connectivity index (χ2n) is 3.64. The zero-order valence-electron chi connectivity index (χ0n) is 8.89. The van der Waals surface area contributed by atoms with E-state index in [0.29, 0.717) is 6.04 Å². The molecule has 2 heteroatoms. The lowest BCUT2D eigenvalue weighted by atomic mass is 10.1. The molecule has 0 amide bonds. The summed E-state index contributed by atoms with van der Waals surface area (Å²) in [4.78, 5) is 0. The van der Waals surface area contributed by atoms with E-state index in [1.807, 2.05) is 12.1 Å². The van der Waals surface area contributed by atoms with Crippen molar-refractivity contribution in [2.24, 2.45) is 0 Å². The Morgan fingerprint density at radius 1 is 1.29 bits per heavy atom. The van der Waals surface area contributed by atoms with Crippen LogP contribution < -0.4 is 5.32 Å². The standard InChI is InChI=1S/C12H18FN/c1-3-10(2)14-9-8-11-4-6-12(13)7-5-11/h4-7,10,14H,3,8-9H2,1-2H3/t10-/m0/s1. The molecular weight excluding hydrogens is 177 g/mol. The van der Waals surface area contributed by atoms with Gasteiger partial charge < -0.3 is 5.32 Å². The predicted octanol–water partition coefficient (Wildman–Crippen LogP) is 2.76. The van der Waals surface area contributed by atoms with Gasteiger partial charge in [-0.2, -0.15) is 0 Å². The molecule has 0 unspecified atom stereocenters. The third-order valence-corrected chi connectivity index (χ3v) is 2.43. The minimum Gasteiger partial charge on any atom is -0.314 e. The van der Waals surface area contributed by atoms with E-state index >= 15 is 0 Å². The SMILES string of the molecule is CC[C@H](C)NCCc1ccc(F)cc1. The maximum absolute atomic E-state index is 12.6. The summed E-state index contributed by atoms with van der Waals surface area (Å²) in [6.07, 6.45) is 2.11. The fraction of sp³-hybridized carbons (Fsp3) is 0.500. The molecular formula is C12H18FN. The molecule has 0 aliphatic heterocycles. The van der Waals surface area contributed by atoms with Crippen LogP contribution in [0.3, 0.4) is 0 Å². The van der Waals surface area contributed by atoms with E-state index in [1.54, 1.807) is 0 Å². The highest BCUT2D eigenvalue weighted by atomic mass is 19.1. The number of benzene rings is 1. The summed E-state index contributed by atoms with van der Waals surface area (Å²) in [6.45, 7) is 5.29. The molecule has 0 aliphatic rings. The van der Waals surface area contributed by atoms with Crippen LogP contribution in [0.15, 0.2) is 24.3 Å². The van der Waals surface area contributed by atoms with Gasteiger partial charge in [-0.25, -0.2) is 4.39 Å². The highest BCUT2D eigenvalue weighted by Gasteiger charge is 1.97. The fourth-order valence-electron chi connectivity index (χ4n) is 1.26. The van der Waals surface area contributed by atoms with Gasteiger partial charge in [0.2, 0.25) is 0 Å². The molecule has 0 fully saturated rings. The van der Waals surface area contributed by atoms with Crippen LogP contribution in [0.25, 0.3) is 0 Å². The Morgan fingerprint density at radius 2 is 1.93 bits per heavy atom. The van der Waals surface area contributed by atoms with Gasteiger partial charge in [0, 0.05) is 6.04 Å². The van der Waals surface area contributed by atoms with E-state index in [4.69, 9.17) is 0 Å². The first-order chi connectivity index (χ1) is 6.72. The topological polar surface area (TPSA) is 12.0 Å².